The van der Waals surface area contributed by atoms with E-state index in [1.165, 1.54) is 7.11 Å². The van der Waals surface area contributed by atoms with Crippen LogP contribution >= 0.6 is 0 Å². The average molecular weight is 263 g/mol. The van der Waals surface area contributed by atoms with E-state index in [4.69, 9.17) is 9.47 Å². The van der Waals surface area contributed by atoms with Crippen LogP contribution in [0.25, 0.3) is 0 Å². The Hall–Kier alpha value is -2.04. The van der Waals surface area contributed by atoms with Gasteiger partial charge in [-0.2, -0.15) is 0 Å². The Balaban J connectivity index is 2.12. The zero-order valence-electron chi connectivity index (χ0n) is 11.2. The van der Waals surface area contributed by atoms with Crippen molar-refractivity contribution in [1.29, 1.82) is 0 Å². The number of amides is 1. The van der Waals surface area contributed by atoms with Crippen molar-refractivity contribution in [2.45, 2.75) is 25.9 Å². The molecule has 0 saturated carbocycles. The van der Waals surface area contributed by atoms with Gasteiger partial charge in [0.1, 0.15) is 17.3 Å². The number of rotatable bonds is 3. The highest BCUT2D eigenvalue weighted by Crippen LogP contribution is 2.32. The van der Waals surface area contributed by atoms with E-state index in [9.17, 15) is 9.59 Å². The third-order valence-corrected chi connectivity index (χ3v) is 3.04. The highest BCUT2D eigenvalue weighted by molar-refractivity contribution is 6.06. The number of anilines is 1. The third kappa shape index (κ3) is 2.86. The fourth-order valence-electron chi connectivity index (χ4n) is 2.13. The average Bonchev–Trinajstić information content (AvgIpc) is 2.63. The van der Waals surface area contributed by atoms with Gasteiger partial charge in [0.15, 0.2) is 0 Å². The topological polar surface area (TPSA) is 64.6 Å². The summed E-state index contributed by atoms with van der Waals surface area (Å²) in [5, 5.41) is 2.71. The molecular formula is C14H17NO4. The maximum absolute atomic E-state index is 12.1. The van der Waals surface area contributed by atoms with E-state index in [-0.39, 0.29) is 5.91 Å². The number of benzene rings is 1. The molecule has 1 heterocycles. The summed E-state index contributed by atoms with van der Waals surface area (Å²) in [7, 11) is 1.53. The van der Waals surface area contributed by atoms with Gasteiger partial charge in [-0.3, -0.25) is 9.59 Å². The van der Waals surface area contributed by atoms with E-state index in [1.54, 1.807) is 38.1 Å². The van der Waals surface area contributed by atoms with Gasteiger partial charge in [-0.15, -0.1) is 0 Å². The Labute approximate surface area is 111 Å². The van der Waals surface area contributed by atoms with Gasteiger partial charge >= 0.3 is 5.97 Å². The van der Waals surface area contributed by atoms with Crippen LogP contribution in [0.3, 0.4) is 0 Å². The molecule has 1 aliphatic rings. The molecular weight excluding hydrogens is 246 g/mol. The fraction of sp³-hybridized carbons (Fsp3) is 0.429. The maximum Gasteiger partial charge on any atom is 0.319 e. The van der Waals surface area contributed by atoms with E-state index in [2.05, 4.69) is 5.32 Å². The molecule has 1 fully saturated rings. The minimum atomic E-state index is -0.764. The van der Waals surface area contributed by atoms with Crippen molar-refractivity contribution in [2.75, 3.05) is 12.4 Å². The summed E-state index contributed by atoms with van der Waals surface area (Å²) in [6.07, 6.45) is 0.382. The van der Waals surface area contributed by atoms with E-state index in [0.29, 0.717) is 17.9 Å². The molecule has 0 spiro atoms. The number of para-hydroxylation sites is 2. The molecule has 1 N–H and O–H groups in total. The first-order valence-corrected chi connectivity index (χ1v) is 6.10. The van der Waals surface area contributed by atoms with Crippen molar-refractivity contribution in [3.8, 4) is 5.75 Å². The van der Waals surface area contributed by atoms with Crippen molar-refractivity contribution in [3.63, 3.8) is 0 Å². The second-order valence-corrected chi connectivity index (χ2v) is 5.13. The van der Waals surface area contributed by atoms with Gasteiger partial charge in [-0.25, -0.2) is 0 Å². The molecule has 1 amide bonds. The molecule has 0 aromatic heterocycles. The molecule has 1 saturated heterocycles. The van der Waals surface area contributed by atoms with Crippen molar-refractivity contribution >= 4 is 17.6 Å². The van der Waals surface area contributed by atoms with Crippen LogP contribution in [0, 0.1) is 5.92 Å². The van der Waals surface area contributed by atoms with Crippen LogP contribution in [0.5, 0.6) is 5.75 Å². The zero-order valence-corrected chi connectivity index (χ0v) is 11.2. The Morgan fingerprint density at radius 1 is 1.42 bits per heavy atom. The van der Waals surface area contributed by atoms with Crippen molar-refractivity contribution in [3.05, 3.63) is 24.3 Å². The van der Waals surface area contributed by atoms with Gasteiger partial charge in [0.25, 0.3) is 0 Å². The molecule has 1 aromatic carbocycles. The largest absolute Gasteiger partial charge is 0.495 e. The van der Waals surface area contributed by atoms with Crippen LogP contribution in [0.2, 0.25) is 0 Å². The summed E-state index contributed by atoms with van der Waals surface area (Å²) in [6, 6.07) is 7.06. The third-order valence-electron chi connectivity index (χ3n) is 3.04. The summed E-state index contributed by atoms with van der Waals surface area (Å²) in [5.41, 5.74) is -0.0349. The Morgan fingerprint density at radius 3 is 2.68 bits per heavy atom. The van der Waals surface area contributed by atoms with Gasteiger partial charge in [0.2, 0.25) is 5.91 Å². The van der Waals surface area contributed by atoms with Crippen molar-refractivity contribution in [1.82, 2.24) is 0 Å². The van der Waals surface area contributed by atoms with Crippen LogP contribution in [0.15, 0.2) is 24.3 Å². The predicted octanol–water partition coefficient (Wildman–Crippen LogP) is 1.98. The normalized spacial score (nSPS) is 20.8. The molecule has 1 aromatic rings. The van der Waals surface area contributed by atoms with Gasteiger partial charge in [0, 0.05) is 6.42 Å². The first-order chi connectivity index (χ1) is 8.93. The Morgan fingerprint density at radius 2 is 2.11 bits per heavy atom. The number of methoxy groups -OCH3 is 1. The lowest BCUT2D eigenvalue weighted by atomic mass is 9.97. The summed E-state index contributed by atoms with van der Waals surface area (Å²) >= 11 is 0. The number of cyclic esters (lactones) is 1. The molecule has 5 nitrogen and oxygen atoms in total. The molecule has 5 heteroatoms. The second kappa shape index (κ2) is 4.91. The molecule has 19 heavy (non-hydrogen) atoms. The van der Waals surface area contributed by atoms with Gasteiger partial charge in [-0.05, 0) is 26.0 Å². The Bertz CT molecular complexity index is 510. The molecule has 1 atom stereocenters. The van der Waals surface area contributed by atoms with Crippen LogP contribution in [0.4, 0.5) is 5.69 Å². The smallest absolute Gasteiger partial charge is 0.319 e. The minimum Gasteiger partial charge on any atom is -0.495 e. The van der Waals surface area contributed by atoms with E-state index in [1.807, 2.05) is 0 Å². The van der Waals surface area contributed by atoms with Gasteiger partial charge < -0.3 is 14.8 Å². The van der Waals surface area contributed by atoms with Crippen molar-refractivity contribution in [2.24, 2.45) is 5.92 Å². The van der Waals surface area contributed by atoms with Crippen molar-refractivity contribution < 1.29 is 19.1 Å². The van der Waals surface area contributed by atoms with Gasteiger partial charge in [0.05, 0.1) is 12.8 Å². The first-order valence-electron chi connectivity index (χ1n) is 6.10. The molecule has 0 radical (unpaired) electrons. The zero-order chi connectivity index (χ0) is 14.0. The summed E-state index contributed by atoms with van der Waals surface area (Å²) in [4.78, 5) is 23.8. The standard InChI is InChI=1S/C14H17NO4/c1-14(2)8-9(13(17)19-14)12(16)15-10-6-4-5-7-11(10)18-3/h4-7,9H,8H2,1-3H3,(H,15,16)/t9-/m0/s1. The van der Waals surface area contributed by atoms with Crippen LogP contribution < -0.4 is 10.1 Å². The van der Waals surface area contributed by atoms with E-state index >= 15 is 0 Å². The number of hydrogen-bond acceptors (Lipinski definition) is 4. The number of hydrogen-bond donors (Lipinski definition) is 1. The summed E-state index contributed by atoms with van der Waals surface area (Å²) in [5.74, 6) is -1.04. The van der Waals surface area contributed by atoms with Gasteiger partial charge in [-0.1, -0.05) is 12.1 Å². The molecule has 2 rings (SSSR count). The number of esters is 1. The number of ether oxygens (including phenoxy) is 2. The number of carbonyl (C=O) groups is 2. The highest BCUT2D eigenvalue weighted by Gasteiger charge is 2.44. The Kier molecular flexibility index (Phi) is 3.46. The minimum absolute atomic E-state index is 0.361. The van der Waals surface area contributed by atoms with Crippen LogP contribution in [0.1, 0.15) is 20.3 Å². The molecule has 0 bridgehead atoms. The summed E-state index contributed by atoms with van der Waals surface area (Å²) < 4.78 is 10.3. The lowest BCUT2D eigenvalue weighted by molar-refractivity contribution is -0.149. The van der Waals surface area contributed by atoms with Crippen LogP contribution in [-0.4, -0.2) is 24.6 Å². The summed E-state index contributed by atoms with van der Waals surface area (Å²) in [6.45, 7) is 3.59. The SMILES string of the molecule is COc1ccccc1NC(=O)[C@@H]1CC(C)(C)OC1=O. The number of nitrogens with one attached hydrogen (secondary N) is 1. The second-order valence-electron chi connectivity index (χ2n) is 5.13. The highest BCUT2D eigenvalue weighted by atomic mass is 16.6. The number of carbonyl (C=O) groups excluding carboxylic acids is 2. The van der Waals surface area contributed by atoms with E-state index in [0.717, 1.165) is 0 Å². The maximum atomic E-state index is 12.1. The molecule has 0 unspecified atom stereocenters. The molecule has 0 aliphatic carbocycles. The monoisotopic (exact) mass is 263 g/mol. The van der Waals surface area contributed by atoms with Crippen LogP contribution in [-0.2, 0) is 14.3 Å². The molecule has 1 aliphatic heterocycles. The van der Waals surface area contributed by atoms with E-state index < -0.39 is 17.5 Å². The lowest BCUT2D eigenvalue weighted by Crippen LogP contribution is -2.26. The molecule has 102 valence electrons. The predicted molar refractivity (Wildman–Crippen MR) is 69.9 cm³/mol. The lowest BCUT2D eigenvalue weighted by Gasteiger charge is -2.14. The quantitative estimate of drug-likeness (QED) is 0.669. The fourth-order valence-corrected chi connectivity index (χ4v) is 2.13. The first kappa shape index (κ1) is 13.4.